The third kappa shape index (κ3) is 6.72. The van der Waals surface area contributed by atoms with Crippen LogP contribution < -0.4 is 14.5 Å². The van der Waals surface area contributed by atoms with Gasteiger partial charge in [0.05, 0.1) is 22.6 Å². The molecule has 63 heavy (non-hydrogen) atoms. The van der Waals surface area contributed by atoms with Crippen LogP contribution >= 0.6 is 0 Å². The average molecular weight is 998 g/mol. The molecule has 6 nitrogen and oxygen atoms in total. The maximum absolute atomic E-state index is 7.16. The maximum atomic E-state index is 7.16. The predicted octanol–water partition coefficient (Wildman–Crippen LogP) is 14.4. The Labute approximate surface area is 382 Å². The molecule has 0 saturated heterocycles. The van der Waals surface area contributed by atoms with Gasteiger partial charge in [-0.1, -0.05) is 108 Å². The van der Waals surface area contributed by atoms with Gasteiger partial charge in [0.15, 0.2) is 0 Å². The molecule has 1 aliphatic rings. The van der Waals surface area contributed by atoms with Gasteiger partial charge in [-0.2, -0.15) is 6.07 Å². The van der Waals surface area contributed by atoms with E-state index in [2.05, 4.69) is 219 Å². The van der Waals surface area contributed by atoms with Crippen molar-refractivity contribution in [3.8, 4) is 34.3 Å². The van der Waals surface area contributed by atoms with Crippen molar-refractivity contribution in [2.24, 2.45) is 0 Å². The number of imidazole rings is 1. The fraction of sp³-hybridized carbons (Fsp3) is 0.107. The van der Waals surface area contributed by atoms with Crippen LogP contribution in [0.5, 0.6) is 11.5 Å². The summed E-state index contributed by atoms with van der Waals surface area (Å²) < 4.78 is 11.7. The van der Waals surface area contributed by atoms with E-state index < -0.39 is 0 Å². The van der Waals surface area contributed by atoms with Crippen LogP contribution in [0.4, 0.5) is 22.7 Å². The number of aryl methyl sites for hydroxylation is 6. The van der Waals surface area contributed by atoms with Crippen molar-refractivity contribution in [3.63, 3.8) is 0 Å². The molecule has 0 amide bonds. The Balaban J connectivity index is 0.00000471. The molecule has 2 aromatic heterocycles. The van der Waals surface area contributed by atoms with E-state index in [-0.39, 0.29) is 21.1 Å². The van der Waals surface area contributed by atoms with Gasteiger partial charge in [-0.05, 0) is 112 Å². The van der Waals surface area contributed by atoms with Gasteiger partial charge in [0.1, 0.15) is 0 Å². The van der Waals surface area contributed by atoms with Gasteiger partial charge < -0.3 is 23.7 Å². The first-order valence-electron chi connectivity index (χ1n) is 21.1. The molecule has 10 aromatic rings. The monoisotopic (exact) mass is 997 g/mol. The first kappa shape index (κ1) is 40.2. The molecule has 11 rings (SSSR count). The molecule has 3 heterocycles. The molecule has 0 atom stereocenters. The number of fused-ring (bicyclic) bond motifs is 5. The minimum absolute atomic E-state index is 0. The van der Waals surface area contributed by atoms with Gasteiger partial charge in [0, 0.05) is 66.3 Å². The number of rotatable bonds is 7. The normalized spacial score (nSPS) is 12.3. The number of hydrogen-bond donors (Lipinski definition) is 0. The number of anilines is 4. The summed E-state index contributed by atoms with van der Waals surface area (Å²) in [6.07, 6.45) is 0. The van der Waals surface area contributed by atoms with Crippen molar-refractivity contribution in [2.75, 3.05) is 9.80 Å². The number of hydrogen-bond acceptors (Lipinski definition) is 4. The minimum Gasteiger partial charge on any atom is -0.501 e. The zero-order valence-electron chi connectivity index (χ0n) is 36.0. The Kier molecular flexibility index (Phi) is 10.1. The van der Waals surface area contributed by atoms with E-state index >= 15 is 0 Å². The summed E-state index contributed by atoms with van der Waals surface area (Å²) in [6.45, 7) is 15.2. The van der Waals surface area contributed by atoms with Crippen molar-refractivity contribution in [1.29, 1.82) is 0 Å². The van der Waals surface area contributed by atoms with Gasteiger partial charge in [-0.25, -0.2) is 0 Å². The molecule has 0 radical (unpaired) electrons. The second-order valence-electron chi connectivity index (χ2n) is 16.6. The van der Waals surface area contributed by atoms with E-state index in [0.717, 1.165) is 72.7 Å². The molecule has 0 fully saturated rings. The van der Waals surface area contributed by atoms with Crippen LogP contribution in [0.25, 0.3) is 55.6 Å². The Morgan fingerprint density at radius 3 is 1.84 bits per heavy atom. The molecular formula is C56H44N5OPt-3. The average Bonchev–Trinajstić information content (AvgIpc) is 3.94. The standard InChI is InChI=1S/C56H44N5O.Pt/c1-35-27-37(3)53(38(4)28-35)59-34-58(50-25-14-15-26-51(50)59)43-19-16-20-44(33-43)62-52-32-41(31-46-45-21-10-12-23-48(45)60(55(46)52)42-17-8-7-9-18-42)56-57-47-22-11-13-24-49(47)61(56)54-39(5)29-36(2)30-40(54)6;/h7-31,34H,1-6H3;/q-3;. The van der Waals surface area contributed by atoms with Gasteiger partial charge in [0.25, 0.3) is 0 Å². The minimum atomic E-state index is 0. The number of ether oxygens (including phenoxy) is 1. The Hall–Kier alpha value is -6.88. The summed E-state index contributed by atoms with van der Waals surface area (Å²) in [5.41, 5.74) is 18.5. The zero-order valence-corrected chi connectivity index (χ0v) is 38.2. The number of para-hydroxylation sites is 6. The molecule has 0 spiro atoms. The smallest absolute Gasteiger partial charge is 0.0774 e. The van der Waals surface area contributed by atoms with Gasteiger partial charge in [-0.15, -0.1) is 42.2 Å². The summed E-state index contributed by atoms with van der Waals surface area (Å²) in [5, 5.41) is 2.15. The van der Waals surface area contributed by atoms with Gasteiger partial charge >= 0.3 is 0 Å². The summed E-state index contributed by atoms with van der Waals surface area (Å²) in [7, 11) is 0. The van der Waals surface area contributed by atoms with E-state index in [1.165, 1.54) is 39.1 Å². The summed E-state index contributed by atoms with van der Waals surface area (Å²) >= 11 is 0. The van der Waals surface area contributed by atoms with Crippen molar-refractivity contribution in [1.82, 2.24) is 14.1 Å². The van der Waals surface area contributed by atoms with Crippen LogP contribution in [0.3, 0.4) is 0 Å². The Morgan fingerprint density at radius 2 is 1.13 bits per heavy atom. The van der Waals surface area contributed by atoms with Crippen LogP contribution in [0, 0.1) is 60.3 Å². The maximum Gasteiger partial charge on any atom is 0.0774 e. The molecule has 0 bridgehead atoms. The fourth-order valence-electron chi connectivity index (χ4n) is 9.77. The third-order valence-electron chi connectivity index (χ3n) is 12.1. The molecule has 312 valence electrons. The second-order valence-corrected chi connectivity index (χ2v) is 16.6. The topological polar surface area (TPSA) is 38.5 Å². The predicted molar refractivity (Wildman–Crippen MR) is 255 cm³/mol. The Bertz CT molecular complexity index is 3350. The van der Waals surface area contributed by atoms with Crippen molar-refractivity contribution in [3.05, 3.63) is 204 Å². The molecule has 0 unspecified atom stereocenters. The van der Waals surface area contributed by atoms with E-state index in [4.69, 9.17) is 9.72 Å². The molecule has 0 aliphatic carbocycles. The van der Waals surface area contributed by atoms with Crippen molar-refractivity contribution >= 4 is 55.6 Å². The van der Waals surface area contributed by atoms with Crippen molar-refractivity contribution < 1.29 is 25.8 Å². The number of aromatic nitrogens is 3. The third-order valence-corrected chi connectivity index (χ3v) is 12.1. The molecule has 8 aromatic carbocycles. The van der Waals surface area contributed by atoms with Gasteiger partial charge in [0.2, 0.25) is 0 Å². The second kappa shape index (κ2) is 15.8. The van der Waals surface area contributed by atoms with E-state index in [1.54, 1.807) is 0 Å². The quantitative estimate of drug-likeness (QED) is 0.149. The van der Waals surface area contributed by atoms with Crippen LogP contribution in [-0.2, 0) is 21.1 Å². The van der Waals surface area contributed by atoms with Crippen molar-refractivity contribution in [2.45, 2.75) is 41.5 Å². The molecule has 0 saturated carbocycles. The van der Waals surface area contributed by atoms with Crippen LogP contribution in [0.1, 0.15) is 33.4 Å². The molecular weight excluding hydrogens is 954 g/mol. The van der Waals surface area contributed by atoms with E-state index in [1.807, 2.05) is 12.1 Å². The summed E-state index contributed by atoms with van der Waals surface area (Å²) in [6, 6.07) is 60.8. The first-order valence-corrected chi connectivity index (χ1v) is 21.1. The number of benzene rings is 8. The van der Waals surface area contributed by atoms with E-state index in [9.17, 15) is 0 Å². The Morgan fingerprint density at radius 1 is 0.524 bits per heavy atom. The van der Waals surface area contributed by atoms with Gasteiger partial charge in [-0.3, -0.25) is 4.98 Å². The molecule has 1 aliphatic heterocycles. The summed E-state index contributed by atoms with van der Waals surface area (Å²) in [5.74, 6) is 1.96. The first-order chi connectivity index (χ1) is 30.2. The molecule has 0 N–H and O–H groups in total. The zero-order chi connectivity index (χ0) is 42.2. The largest absolute Gasteiger partial charge is 0.501 e. The van der Waals surface area contributed by atoms with Crippen LogP contribution in [0.15, 0.2) is 152 Å². The van der Waals surface area contributed by atoms with Crippen LogP contribution in [0.2, 0.25) is 0 Å². The fourth-order valence-corrected chi connectivity index (χ4v) is 9.77. The SMILES string of the molecule is Cc1cc(C)c(N2[CH-]N(c3[c-]c(Oc4[c-]c(-c5nc6ccccc6n5-c5c(C)cc(C)cc5C)cc5c6ccccc6n(-c6ccccc6)c45)ccc3)c3ccccc32)c(C)c1.[Pt]. The summed E-state index contributed by atoms with van der Waals surface area (Å²) in [4.78, 5) is 9.84. The van der Waals surface area contributed by atoms with E-state index in [0.29, 0.717) is 11.5 Å². The number of nitrogens with zero attached hydrogens (tertiary/aromatic N) is 5. The molecule has 7 heteroatoms. The van der Waals surface area contributed by atoms with Crippen LogP contribution in [-0.4, -0.2) is 14.1 Å².